The molecule has 0 aromatic rings. The first-order chi connectivity index (χ1) is 35.0. The molecule has 0 saturated carbocycles. The van der Waals surface area contributed by atoms with E-state index in [-0.39, 0.29) is 32.0 Å². The zero-order valence-corrected chi connectivity index (χ0v) is 48.5. The van der Waals surface area contributed by atoms with Crippen LogP contribution in [0.4, 0.5) is 0 Å². The highest BCUT2D eigenvalue weighted by molar-refractivity contribution is 7.45. The molecular weight excluding hydrogens is 918 g/mol. The predicted molar refractivity (Wildman–Crippen MR) is 305 cm³/mol. The van der Waals surface area contributed by atoms with Crippen LogP contribution in [0.5, 0.6) is 0 Å². The fourth-order valence-corrected chi connectivity index (χ4v) is 9.07. The summed E-state index contributed by atoms with van der Waals surface area (Å²) in [5.41, 5.74) is 0. The summed E-state index contributed by atoms with van der Waals surface area (Å²) < 4.78 is 34.2. The molecule has 0 aromatic heterocycles. The van der Waals surface area contributed by atoms with Gasteiger partial charge < -0.3 is 27.9 Å². The summed E-state index contributed by atoms with van der Waals surface area (Å²) in [5, 5.41) is 0. The van der Waals surface area contributed by atoms with E-state index in [1.54, 1.807) is 0 Å². The molecule has 72 heavy (non-hydrogen) atoms. The smallest absolute Gasteiger partial charge is 0.306 e. The molecule has 0 aliphatic rings. The molecule has 9 nitrogen and oxygen atoms in total. The van der Waals surface area contributed by atoms with Crippen LogP contribution in [0.25, 0.3) is 0 Å². The number of phosphoric acid groups is 1. The van der Waals surface area contributed by atoms with Crippen LogP contribution in [0.2, 0.25) is 0 Å². The Balaban J connectivity index is 4.12. The third-order valence-corrected chi connectivity index (χ3v) is 14.0. The fourth-order valence-electron chi connectivity index (χ4n) is 8.34. The number of nitrogens with zero attached hydrogens (tertiary/aromatic N) is 1. The van der Waals surface area contributed by atoms with Crippen molar-refractivity contribution < 1.29 is 42.1 Å². The molecule has 0 spiro atoms. The van der Waals surface area contributed by atoms with Gasteiger partial charge in [0.1, 0.15) is 19.8 Å². The maximum absolute atomic E-state index is 12.8. The van der Waals surface area contributed by atoms with E-state index in [0.717, 1.165) is 64.2 Å². The maximum atomic E-state index is 12.8. The zero-order chi connectivity index (χ0) is 52.7. The molecule has 10 heteroatoms. The maximum Gasteiger partial charge on any atom is 0.306 e. The van der Waals surface area contributed by atoms with Gasteiger partial charge in [-0.15, -0.1) is 0 Å². The Morgan fingerprint density at radius 1 is 0.431 bits per heavy atom. The molecule has 0 N–H and O–H groups in total. The highest BCUT2D eigenvalue weighted by Crippen LogP contribution is 2.38. The van der Waals surface area contributed by atoms with Crippen molar-refractivity contribution in [3.05, 3.63) is 60.8 Å². The van der Waals surface area contributed by atoms with Crippen molar-refractivity contribution in [2.24, 2.45) is 0 Å². The minimum atomic E-state index is -4.64. The van der Waals surface area contributed by atoms with Gasteiger partial charge in [0.25, 0.3) is 7.82 Å². The Hall–Kier alpha value is -2.29. The van der Waals surface area contributed by atoms with Crippen molar-refractivity contribution in [1.29, 1.82) is 0 Å². The monoisotopic (exact) mass is 1030 g/mol. The van der Waals surface area contributed by atoms with E-state index in [9.17, 15) is 19.0 Å². The van der Waals surface area contributed by atoms with Gasteiger partial charge in [0.05, 0.1) is 27.7 Å². The standard InChI is InChI=1S/C62H114NO8P/c1-6-8-10-12-14-16-18-20-22-24-26-27-28-29-30-31-32-33-34-35-37-39-41-43-45-47-49-51-53-55-62(65)71-60(59-70-72(66,67)69-57-56-63(3,4)5)58-68-61(64)54-52-50-48-46-44-42-40-38-36-25-23-21-19-17-15-13-11-9-7-2/h15,17-18,20-21,23-24,26,28-29,60H,6-14,16,19,22,25,27,30-59H2,1-5H3/b17-15-,20-18-,23-21-,26-24-,29-28-. The normalized spacial score (nSPS) is 13.7. The van der Waals surface area contributed by atoms with Crippen LogP contribution in [0.1, 0.15) is 271 Å². The number of rotatable bonds is 55. The quantitative estimate of drug-likeness (QED) is 0.0195. The molecule has 2 atom stereocenters. The van der Waals surface area contributed by atoms with Crippen LogP contribution in [0, 0.1) is 0 Å². The van der Waals surface area contributed by atoms with Crippen LogP contribution < -0.4 is 4.89 Å². The average molecular weight is 1030 g/mol. The van der Waals surface area contributed by atoms with E-state index in [4.69, 9.17) is 18.5 Å². The van der Waals surface area contributed by atoms with Crippen molar-refractivity contribution in [3.8, 4) is 0 Å². The summed E-state index contributed by atoms with van der Waals surface area (Å²) in [7, 11) is 1.17. The first kappa shape index (κ1) is 69.7. The summed E-state index contributed by atoms with van der Waals surface area (Å²) in [6, 6.07) is 0. The second-order valence-electron chi connectivity index (χ2n) is 21.4. The van der Waals surface area contributed by atoms with Gasteiger partial charge in [-0.1, -0.05) is 235 Å². The lowest BCUT2D eigenvalue weighted by Crippen LogP contribution is -2.37. The zero-order valence-electron chi connectivity index (χ0n) is 47.6. The molecule has 0 amide bonds. The molecule has 0 aliphatic carbocycles. The minimum Gasteiger partial charge on any atom is -0.756 e. The van der Waals surface area contributed by atoms with Crippen molar-refractivity contribution in [2.45, 2.75) is 277 Å². The van der Waals surface area contributed by atoms with Crippen molar-refractivity contribution in [3.63, 3.8) is 0 Å². The van der Waals surface area contributed by atoms with Crippen LogP contribution >= 0.6 is 7.82 Å². The van der Waals surface area contributed by atoms with E-state index in [0.29, 0.717) is 17.4 Å². The number of likely N-dealkylation sites (N-methyl/N-ethyl adjacent to an activating group) is 1. The second-order valence-corrected chi connectivity index (χ2v) is 22.8. The molecule has 0 fully saturated rings. The number of esters is 2. The van der Waals surface area contributed by atoms with Gasteiger partial charge in [-0.05, 0) is 83.5 Å². The molecule has 0 aliphatic heterocycles. The lowest BCUT2D eigenvalue weighted by atomic mass is 10.0. The van der Waals surface area contributed by atoms with E-state index >= 15 is 0 Å². The molecule has 2 unspecified atom stereocenters. The van der Waals surface area contributed by atoms with Crippen LogP contribution in [-0.2, 0) is 32.7 Å². The molecule has 0 radical (unpaired) electrons. The number of carbonyl (C=O) groups excluding carboxylic acids is 2. The number of unbranched alkanes of at least 4 members (excludes halogenated alkanes) is 31. The fraction of sp³-hybridized carbons (Fsp3) is 0.806. The number of allylic oxidation sites excluding steroid dienone is 10. The van der Waals surface area contributed by atoms with Gasteiger partial charge in [-0.25, -0.2) is 0 Å². The summed E-state index contributed by atoms with van der Waals surface area (Å²) in [5.74, 6) is -0.832. The third-order valence-electron chi connectivity index (χ3n) is 13.0. The van der Waals surface area contributed by atoms with Gasteiger partial charge in [0.2, 0.25) is 0 Å². The summed E-state index contributed by atoms with van der Waals surface area (Å²) in [6.45, 7) is 4.22. The molecule has 0 saturated heterocycles. The van der Waals surface area contributed by atoms with Gasteiger partial charge in [0, 0.05) is 12.8 Å². The Morgan fingerprint density at radius 2 is 0.750 bits per heavy atom. The lowest BCUT2D eigenvalue weighted by Gasteiger charge is -2.28. The average Bonchev–Trinajstić information content (AvgIpc) is 3.34. The van der Waals surface area contributed by atoms with Gasteiger partial charge >= 0.3 is 11.9 Å². The van der Waals surface area contributed by atoms with Crippen LogP contribution in [-0.4, -0.2) is 70.0 Å². The first-order valence-electron chi connectivity index (χ1n) is 30.0. The van der Waals surface area contributed by atoms with Gasteiger partial charge in [-0.2, -0.15) is 0 Å². The SMILES string of the molecule is CCCCC/C=C\C/C=C\CCCCCCCCCCCC(=O)OCC(COP(=O)([O-])OCC[N+](C)(C)C)OC(=O)CCCCCCCCCCCCCCCC/C=C\C/C=C\C/C=C\CCCCCCC. The summed E-state index contributed by atoms with van der Waals surface area (Å²) >= 11 is 0. The van der Waals surface area contributed by atoms with E-state index in [1.165, 1.54) is 173 Å². The molecule has 0 rings (SSSR count). The number of ether oxygens (including phenoxy) is 2. The Kier molecular flexibility index (Phi) is 51.8. The van der Waals surface area contributed by atoms with E-state index in [1.807, 2.05) is 21.1 Å². The van der Waals surface area contributed by atoms with Crippen LogP contribution in [0.3, 0.4) is 0 Å². The number of phosphoric ester groups is 1. The highest BCUT2D eigenvalue weighted by Gasteiger charge is 2.22. The molecule has 0 aromatic carbocycles. The number of quaternary nitrogens is 1. The summed E-state index contributed by atoms with van der Waals surface area (Å²) in [6.07, 6.45) is 68.3. The number of hydrogen-bond acceptors (Lipinski definition) is 8. The number of carbonyl (C=O) groups is 2. The van der Waals surface area contributed by atoms with E-state index < -0.39 is 26.5 Å². The summed E-state index contributed by atoms with van der Waals surface area (Å²) in [4.78, 5) is 37.9. The Morgan fingerprint density at radius 3 is 1.14 bits per heavy atom. The molecular formula is C62H114NO8P. The van der Waals surface area contributed by atoms with Gasteiger partial charge in [0.15, 0.2) is 6.10 Å². The van der Waals surface area contributed by atoms with Crippen LogP contribution in [0.15, 0.2) is 60.8 Å². The second kappa shape index (κ2) is 53.5. The number of hydrogen-bond donors (Lipinski definition) is 0. The lowest BCUT2D eigenvalue weighted by molar-refractivity contribution is -0.870. The molecule has 0 heterocycles. The third kappa shape index (κ3) is 57.0. The molecule has 0 bridgehead atoms. The Labute approximate surface area is 445 Å². The van der Waals surface area contributed by atoms with Crippen molar-refractivity contribution >= 4 is 19.8 Å². The molecule has 420 valence electrons. The first-order valence-corrected chi connectivity index (χ1v) is 31.5. The highest BCUT2D eigenvalue weighted by atomic mass is 31.2. The van der Waals surface area contributed by atoms with Crippen molar-refractivity contribution in [1.82, 2.24) is 0 Å². The topological polar surface area (TPSA) is 111 Å². The van der Waals surface area contributed by atoms with E-state index in [2.05, 4.69) is 74.6 Å². The largest absolute Gasteiger partial charge is 0.756 e. The minimum absolute atomic E-state index is 0.0326. The Bertz CT molecular complexity index is 1400. The van der Waals surface area contributed by atoms with Gasteiger partial charge in [-0.3, -0.25) is 14.2 Å². The predicted octanol–water partition coefficient (Wildman–Crippen LogP) is 18.1. The van der Waals surface area contributed by atoms with Crippen molar-refractivity contribution in [2.75, 3.05) is 47.5 Å².